The van der Waals surface area contributed by atoms with Crippen LogP contribution in [0.5, 0.6) is 0 Å². The molecule has 0 radical (unpaired) electrons. The molecule has 0 fully saturated rings. The van der Waals surface area contributed by atoms with Crippen LogP contribution < -0.4 is 10.6 Å². The van der Waals surface area contributed by atoms with Gasteiger partial charge in [-0.3, -0.25) is 0 Å². The lowest BCUT2D eigenvalue weighted by Gasteiger charge is -2.12. The summed E-state index contributed by atoms with van der Waals surface area (Å²) in [6.07, 6.45) is -3.25. The van der Waals surface area contributed by atoms with E-state index in [2.05, 4.69) is 20.7 Å². The third kappa shape index (κ3) is 3.08. The van der Waals surface area contributed by atoms with Crippen molar-refractivity contribution in [1.29, 1.82) is 10.5 Å². The zero-order valence-electron chi connectivity index (χ0n) is 13.3. The van der Waals surface area contributed by atoms with Crippen LogP contribution in [0.3, 0.4) is 0 Å². The van der Waals surface area contributed by atoms with E-state index in [0.717, 1.165) is 12.1 Å². The molecule has 0 saturated carbocycles. The van der Waals surface area contributed by atoms with E-state index in [1.165, 1.54) is 22.8 Å². The van der Waals surface area contributed by atoms with Crippen molar-refractivity contribution < 1.29 is 13.2 Å². The second-order valence-corrected chi connectivity index (χ2v) is 5.22. The number of halogens is 3. The number of rotatable bonds is 3. The Hall–Kier alpha value is -3.79. The molecular formula is C16H10F3N7. The first-order valence-corrected chi connectivity index (χ1v) is 7.21. The molecule has 130 valence electrons. The number of benzene rings is 1. The number of hydrogen-bond donors (Lipinski definition) is 2. The van der Waals surface area contributed by atoms with E-state index >= 15 is 0 Å². The highest BCUT2D eigenvalue weighted by molar-refractivity contribution is 5.73. The van der Waals surface area contributed by atoms with Crippen molar-refractivity contribution in [2.45, 2.75) is 6.18 Å². The van der Waals surface area contributed by atoms with Crippen molar-refractivity contribution in [1.82, 2.24) is 14.6 Å². The van der Waals surface area contributed by atoms with E-state index in [1.54, 1.807) is 13.1 Å². The topological polar surface area (TPSA) is 102 Å². The van der Waals surface area contributed by atoms with Crippen molar-refractivity contribution in [2.24, 2.45) is 0 Å². The van der Waals surface area contributed by atoms with Gasteiger partial charge in [0.2, 0.25) is 0 Å². The highest BCUT2D eigenvalue weighted by Gasteiger charge is 2.31. The van der Waals surface area contributed by atoms with Gasteiger partial charge in [-0.1, -0.05) is 0 Å². The molecule has 0 bridgehead atoms. The highest BCUT2D eigenvalue weighted by Crippen LogP contribution is 2.33. The first-order chi connectivity index (χ1) is 12.4. The van der Waals surface area contributed by atoms with Crippen molar-refractivity contribution in [2.75, 3.05) is 17.7 Å². The van der Waals surface area contributed by atoms with Gasteiger partial charge in [-0.05, 0) is 18.2 Å². The Balaban J connectivity index is 2.09. The standard InChI is InChI=1S/C16H10F3N7/c1-22-13-5-14(25-26-12(7-21)8-23-15(13)26)24-11-3-9(6-20)2-10(4-11)16(17,18)19/h2-5,8,22H,1H3,(H,24,25). The number of alkyl halides is 3. The van der Waals surface area contributed by atoms with Gasteiger partial charge in [-0.2, -0.15) is 28.2 Å². The van der Waals surface area contributed by atoms with E-state index in [1.807, 2.05) is 6.07 Å². The normalized spacial score (nSPS) is 11.0. The number of nitriles is 2. The van der Waals surface area contributed by atoms with Gasteiger partial charge in [0.25, 0.3) is 0 Å². The number of anilines is 3. The number of aromatic nitrogens is 3. The lowest BCUT2D eigenvalue weighted by Crippen LogP contribution is -2.07. The third-order valence-electron chi connectivity index (χ3n) is 3.51. The summed E-state index contributed by atoms with van der Waals surface area (Å²) in [5, 5.41) is 27.9. The highest BCUT2D eigenvalue weighted by atomic mass is 19.4. The maximum atomic E-state index is 13.0. The number of fused-ring (bicyclic) bond motifs is 1. The van der Waals surface area contributed by atoms with Crippen molar-refractivity contribution in [3.63, 3.8) is 0 Å². The van der Waals surface area contributed by atoms with Crippen molar-refractivity contribution in [3.05, 3.63) is 47.3 Å². The van der Waals surface area contributed by atoms with Gasteiger partial charge in [0.15, 0.2) is 17.2 Å². The van der Waals surface area contributed by atoms with Crippen LogP contribution in [0.4, 0.5) is 30.4 Å². The minimum Gasteiger partial charge on any atom is -0.385 e. The summed E-state index contributed by atoms with van der Waals surface area (Å²) in [6, 6.07) is 8.09. The van der Waals surface area contributed by atoms with E-state index < -0.39 is 11.7 Å². The van der Waals surface area contributed by atoms with Crippen LogP contribution in [-0.4, -0.2) is 21.6 Å². The van der Waals surface area contributed by atoms with Crippen LogP contribution in [-0.2, 0) is 6.18 Å². The molecule has 10 heteroatoms. The van der Waals surface area contributed by atoms with E-state index in [4.69, 9.17) is 10.5 Å². The SMILES string of the molecule is CNc1cc(Nc2cc(C#N)cc(C(F)(F)F)c2)nn2c(C#N)cnc12. The second kappa shape index (κ2) is 6.26. The molecular weight excluding hydrogens is 347 g/mol. The van der Waals surface area contributed by atoms with E-state index in [0.29, 0.717) is 11.3 Å². The van der Waals surface area contributed by atoms with Crippen LogP contribution in [0.25, 0.3) is 5.65 Å². The summed E-state index contributed by atoms with van der Waals surface area (Å²) < 4.78 is 40.3. The third-order valence-corrected chi connectivity index (χ3v) is 3.51. The Kier molecular flexibility index (Phi) is 4.10. The maximum absolute atomic E-state index is 13.0. The van der Waals surface area contributed by atoms with Crippen LogP contribution in [0.15, 0.2) is 30.5 Å². The Bertz CT molecular complexity index is 1070. The fourth-order valence-electron chi connectivity index (χ4n) is 2.37. The molecule has 0 aliphatic rings. The lowest BCUT2D eigenvalue weighted by molar-refractivity contribution is -0.137. The molecule has 26 heavy (non-hydrogen) atoms. The molecule has 0 aliphatic heterocycles. The fourth-order valence-corrected chi connectivity index (χ4v) is 2.37. The Morgan fingerprint density at radius 3 is 2.50 bits per heavy atom. The van der Waals surface area contributed by atoms with Gasteiger partial charge in [0.05, 0.1) is 29.1 Å². The monoisotopic (exact) mass is 357 g/mol. The summed E-state index contributed by atoms with van der Waals surface area (Å²) in [6.45, 7) is 0. The Labute approximate surface area is 145 Å². The van der Waals surface area contributed by atoms with Gasteiger partial charge in [-0.15, -0.1) is 5.10 Å². The summed E-state index contributed by atoms with van der Waals surface area (Å²) in [4.78, 5) is 4.08. The summed E-state index contributed by atoms with van der Waals surface area (Å²) in [7, 11) is 1.64. The molecule has 2 N–H and O–H groups in total. The fraction of sp³-hybridized carbons (Fsp3) is 0.125. The lowest BCUT2D eigenvalue weighted by atomic mass is 10.1. The maximum Gasteiger partial charge on any atom is 0.416 e. The molecule has 0 saturated heterocycles. The van der Waals surface area contributed by atoms with Gasteiger partial charge in [0, 0.05) is 18.8 Å². The number of nitrogens with one attached hydrogen (secondary N) is 2. The molecule has 3 aromatic rings. The average Bonchev–Trinajstić information content (AvgIpc) is 3.03. The molecule has 7 nitrogen and oxygen atoms in total. The predicted octanol–water partition coefficient (Wildman–Crippen LogP) is 3.28. The number of imidazole rings is 1. The molecule has 2 aromatic heterocycles. The molecule has 0 amide bonds. The zero-order chi connectivity index (χ0) is 18.9. The first-order valence-electron chi connectivity index (χ1n) is 7.21. The van der Waals surface area contributed by atoms with Gasteiger partial charge >= 0.3 is 6.18 Å². The number of hydrogen-bond acceptors (Lipinski definition) is 6. The van der Waals surface area contributed by atoms with Crippen molar-refractivity contribution in [3.8, 4) is 12.1 Å². The van der Waals surface area contributed by atoms with Crippen molar-refractivity contribution >= 4 is 22.8 Å². The van der Waals surface area contributed by atoms with Gasteiger partial charge in [0.1, 0.15) is 6.07 Å². The minimum atomic E-state index is -4.59. The first kappa shape index (κ1) is 17.0. The predicted molar refractivity (Wildman–Crippen MR) is 86.7 cm³/mol. The summed E-state index contributed by atoms with van der Waals surface area (Å²) in [5.41, 5.74) is 0.0468. The Morgan fingerprint density at radius 1 is 1.12 bits per heavy atom. The second-order valence-electron chi connectivity index (χ2n) is 5.22. The van der Waals surface area contributed by atoms with Gasteiger partial charge < -0.3 is 10.6 Å². The molecule has 1 aromatic carbocycles. The quantitative estimate of drug-likeness (QED) is 0.746. The molecule has 0 spiro atoms. The number of nitrogens with zero attached hydrogens (tertiary/aromatic N) is 5. The zero-order valence-corrected chi connectivity index (χ0v) is 13.3. The molecule has 0 aliphatic carbocycles. The largest absolute Gasteiger partial charge is 0.416 e. The Morgan fingerprint density at radius 2 is 1.88 bits per heavy atom. The van der Waals surface area contributed by atoms with E-state index in [9.17, 15) is 13.2 Å². The van der Waals surface area contributed by atoms with Gasteiger partial charge in [-0.25, -0.2) is 4.98 Å². The minimum absolute atomic E-state index is 0.0453. The van der Waals surface area contributed by atoms with E-state index in [-0.39, 0.29) is 22.8 Å². The van der Waals surface area contributed by atoms with Crippen LogP contribution >= 0.6 is 0 Å². The average molecular weight is 357 g/mol. The molecule has 3 rings (SSSR count). The van der Waals surface area contributed by atoms with Crippen LogP contribution in [0.1, 0.15) is 16.8 Å². The molecule has 0 unspecified atom stereocenters. The summed E-state index contributed by atoms with van der Waals surface area (Å²) in [5.74, 6) is 0.180. The smallest absolute Gasteiger partial charge is 0.385 e. The van der Waals surface area contributed by atoms with Crippen LogP contribution in [0, 0.1) is 22.7 Å². The molecule has 0 atom stereocenters. The molecule has 2 heterocycles. The summed E-state index contributed by atoms with van der Waals surface area (Å²) >= 11 is 0. The van der Waals surface area contributed by atoms with Crippen LogP contribution in [0.2, 0.25) is 0 Å².